The fourth-order valence-electron chi connectivity index (χ4n) is 4.76. The van der Waals surface area contributed by atoms with E-state index < -0.39 is 12.2 Å². The van der Waals surface area contributed by atoms with Gasteiger partial charge in [-0.15, -0.1) is 0 Å². The highest BCUT2D eigenvalue weighted by molar-refractivity contribution is 6.31. The highest BCUT2D eigenvalue weighted by Gasteiger charge is 2.35. The number of aliphatic hydroxyl groups excluding tert-OH is 2. The Morgan fingerprint density at radius 2 is 1.78 bits per heavy atom. The molecule has 6 nitrogen and oxygen atoms in total. The van der Waals surface area contributed by atoms with Crippen molar-refractivity contribution in [2.75, 3.05) is 13.2 Å². The third-order valence-electron chi connectivity index (χ3n) is 6.61. The standard InChI is InChI=1S/C28H26Cl2N2O4/c29-19-6-10-22(11-7-19)36-28(35)32-14-13-23-24-15-20(30)8-12-25(24)31-26(23)27(32)18-4-1-17(2-5-18)3-9-21(34)16-33/h1-2,4-8,10-12,15,21,27,31,33-34H,3,9,13-14,16H2/t21-,27-/m0/s1. The number of H-pyrrole nitrogens is 1. The molecule has 0 unspecified atom stereocenters. The van der Waals surface area contributed by atoms with Crippen LogP contribution in [0.2, 0.25) is 10.0 Å². The maximum Gasteiger partial charge on any atom is 0.416 e. The molecular formula is C28H26Cl2N2O4. The molecule has 0 fully saturated rings. The maximum atomic E-state index is 13.4. The SMILES string of the molecule is O=C(Oc1ccc(Cl)cc1)N1CCc2c([nH]c3ccc(Cl)cc23)[C@@H]1c1ccc(CC[C@H](O)CO)cc1. The largest absolute Gasteiger partial charge is 0.416 e. The van der Waals surface area contributed by atoms with Crippen molar-refractivity contribution in [1.29, 1.82) is 0 Å². The van der Waals surface area contributed by atoms with Crippen LogP contribution < -0.4 is 4.74 Å². The molecule has 186 valence electrons. The molecule has 5 rings (SSSR count). The zero-order valence-electron chi connectivity index (χ0n) is 19.5. The Morgan fingerprint density at radius 3 is 2.50 bits per heavy atom. The Morgan fingerprint density at radius 1 is 1.06 bits per heavy atom. The number of carbonyl (C=O) groups is 1. The summed E-state index contributed by atoms with van der Waals surface area (Å²) < 4.78 is 5.71. The number of carbonyl (C=O) groups excluding carboxylic acids is 1. The van der Waals surface area contributed by atoms with Crippen LogP contribution in [-0.2, 0) is 12.8 Å². The van der Waals surface area contributed by atoms with Gasteiger partial charge in [0.1, 0.15) is 11.8 Å². The summed E-state index contributed by atoms with van der Waals surface area (Å²) in [6.45, 7) is 0.228. The van der Waals surface area contributed by atoms with Gasteiger partial charge in [0.15, 0.2) is 0 Å². The highest BCUT2D eigenvalue weighted by atomic mass is 35.5. The number of aliphatic hydroxyl groups is 2. The number of hydrogen-bond donors (Lipinski definition) is 3. The Kier molecular flexibility index (Phi) is 7.21. The van der Waals surface area contributed by atoms with Crippen LogP contribution in [0.15, 0.2) is 66.7 Å². The summed E-state index contributed by atoms with van der Waals surface area (Å²) in [7, 11) is 0. The Bertz CT molecular complexity index is 1370. The Hall–Kier alpha value is -3.03. The number of amides is 1. The van der Waals surface area contributed by atoms with Gasteiger partial charge in [0.25, 0.3) is 0 Å². The van der Waals surface area contributed by atoms with E-state index in [9.17, 15) is 9.90 Å². The minimum absolute atomic E-state index is 0.252. The molecule has 0 saturated carbocycles. The molecule has 4 aromatic rings. The molecule has 8 heteroatoms. The summed E-state index contributed by atoms with van der Waals surface area (Å²) in [6, 6.07) is 20.1. The second-order valence-corrected chi connectivity index (χ2v) is 9.86. The molecule has 3 aromatic carbocycles. The Balaban J connectivity index is 1.50. The van der Waals surface area contributed by atoms with Gasteiger partial charge in [0.2, 0.25) is 0 Å². The van der Waals surface area contributed by atoms with Gasteiger partial charge in [-0.2, -0.15) is 0 Å². The van der Waals surface area contributed by atoms with Gasteiger partial charge < -0.3 is 19.9 Å². The molecule has 0 radical (unpaired) electrons. The van der Waals surface area contributed by atoms with Crippen molar-refractivity contribution in [3.05, 3.63) is 99.2 Å². The van der Waals surface area contributed by atoms with Gasteiger partial charge in [-0.3, -0.25) is 4.90 Å². The molecule has 1 aliphatic heterocycles. The van der Waals surface area contributed by atoms with Crippen LogP contribution in [0.3, 0.4) is 0 Å². The molecule has 0 spiro atoms. The molecule has 0 bridgehead atoms. The fourth-order valence-corrected chi connectivity index (χ4v) is 5.06. The summed E-state index contributed by atoms with van der Waals surface area (Å²) >= 11 is 12.3. The fraction of sp³-hybridized carbons (Fsp3) is 0.250. The van der Waals surface area contributed by atoms with E-state index in [1.54, 1.807) is 29.2 Å². The van der Waals surface area contributed by atoms with Crippen LogP contribution in [-0.4, -0.2) is 45.4 Å². The average Bonchev–Trinajstić information content (AvgIpc) is 3.26. The van der Waals surface area contributed by atoms with Crippen LogP contribution in [0.4, 0.5) is 4.79 Å². The van der Waals surface area contributed by atoms with Crippen LogP contribution >= 0.6 is 23.2 Å². The topological polar surface area (TPSA) is 85.8 Å². The molecule has 1 aliphatic rings. The lowest BCUT2D eigenvalue weighted by atomic mass is 9.92. The van der Waals surface area contributed by atoms with E-state index in [-0.39, 0.29) is 12.6 Å². The number of halogens is 2. The number of aromatic nitrogens is 1. The number of aromatic amines is 1. The van der Waals surface area contributed by atoms with Crippen molar-refractivity contribution in [1.82, 2.24) is 9.88 Å². The lowest BCUT2D eigenvalue weighted by molar-refractivity contribution is 0.0886. The van der Waals surface area contributed by atoms with E-state index in [1.165, 1.54) is 0 Å². The van der Waals surface area contributed by atoms with Crippen molar-refractivity contribution >= 4 is 40.2 Å². The number of ether oxygens (including phenoxy) is 1. The summed E-state index contributed by atoms with van der Waals surface area (Å²) in [4.78, 5) is 18.6. The number of benzene rings is 3. The van der Waals surface area contributed by atoms with E-state index in [0.29, 0.717) is 41.6 Å². The molecule has 2 heterocycles. The summed E-state index contributed by atoms with van der Waals surface area (Å²) in [5, 5.41) is 21.1. The third-order valence-corrected chi connectivity index (χ3v) is 7.10. The van der Waals surface area contributed by atoms with Crippen molar-refractivity contribution < 1.29 is 19.7 Å². The molecule has 2 atom stereocenters. The maximum absolute atomic E-state index is 13.4. The van der Waals surface area contributed by atoms with Crippen LogP contribution in [0, 0.1) is 0 Å². The lowest BCUT2D eigenvalue weighted by Gasteiger charge is -2.35. The smallest absolute Gasteiger partial charge is 0.410 e. The molecule has 0 aliphatic carbocycles. The molecular weight excluding hydrogens is 499 g/mol. The summed E-state index contributed by atoms with van der Waals surface area (Å²) in [5.74, 6) is 0.426. The molecule has 3 N–H and O–H groups in total. The van der Waals surface area contributed by atoms with Gasteiger partial charge in [-0.25, -0.2) is 4.79 Å². The van der Waals surface area contributed by atoms with Gasteiger partial charge in [0, 0.05) is 33.2 Å². The first kappa shape index (κ1) is 24.7. The van der Waals surface area contributed by atoms with E-state index in [1.807, 2.05) is 42.5 Å². The lowest BCUT2D eigenvalue weighted by Crippen LogP contribution is -2.42. The van der Waals surface area contributed by atoms with E-state index in [4.69, 9.17) is 33.0 Å². The second-order valence-electron chi connectivity index (χ2n) is 8.99. The average molecular weight is 525 g/mol. The molecule has 0 saturated heterocycles. The second kappa shape index (κ2) is 10.5. The molecule has 1 amide bonds. The number of fused-ring (bicyclic) bond motifs is 3. The summed E-state index contributed by atoms with van der Waals surface area (Å²) in [5.41, 5.74) is 5.03. The zero-order chi connectivity index (χ0) is 25.2. The third kappa shape index (κ3) is 5.08. The van der Waals surface area contributed by atoms with Crippen molar-refractivity contribution in [2.45, 2.75) is 31.4 Å². The number of nitrogens with one attached hydrogen (secondary N) is 1. The number of hydrogen-bond acceptors (Lipinski definition) is 4. The predicted molar refractivity (Wildman–Crippen MR) is 141 cm³/mol. The number of nitrogens with zero attached hydrogens (tertiary/aromatic N) is 1. The van der Waals surface area contributed by atoms with E-state index in [2.05, 4.69) is 4.98 Å². The van der Waals surface area contributed by atoms with Crippen LogP contribution in [0.25, 0.3) is 10.9 Å². The quantitative estimate of drug-likeness (QED) is 0.292. The monoisotopic (exact) mass is 524 g/mol. The first-order valence-electron chi connectivity index (χ1n) is 11.8. The van der Waals surface area contributed by atoms with Crippen molar-refractivity contribution in [3.63, 3.8) is 0 Å². The first-order chi connectivity index (χ1) is 17.4. The van der Waals surface area contributed by atoms with E-state index >= 15 is 0 Å². The van der Waals surface area contributed by atoms with Gasteiger partial charge >= 0.3 is 6.09 Å². The minimum atomic E-state index is -0.734. The molecule has 1 aromatic heterocycles. The van der Waals surface area contributed by atoms with Gasteiger partial charge in [-0.1, -0.05) is 47.5 Å². The van der Waals surface area contributed by atoms with Crippen molar-refractivity contribution in [3.8, 4) is 5.75 Å². The highest BCUT2D eigenvalue weighted by Crippen LogP contribution is 2.39. The molecule has 36 heavy (non-hydrogen) atoms. The van der Waals surface area contributed by atoms with Crippen LogP contribution in [0.5, 0.6) is 5.75 Å². The van der Waals surface area contributed by atoms with Gasteiger partial charge in [0.05, 0.1) is 12.7 Å². The normalized spacial score (nSPS) is 16.1. The predicted octanol–water partition coefficient (Wildman–Crippen LogP) is 5.91. The first-order valence-corrected chi connectivity index (χ1v) is 12.6. The van der Waals surface area contributed by atoms with Crippen LogP contribution in [0.1, 0.15) is 34.8 Å². The van der Waals surface area contributed by atoms with Gasteiger partial charge in [-0.05, 0) is 78.4 Å². The van der Waals surface area contributed by atoms with E-state index in [0.717, 1.165) is 33.3 Å². The Labute approximate surface area is 219 Å². The summed E-state index contributed by atoms with van der Waals surface area (Å²) in [6.07, 6.45) is 0.609. The number of aryl methyl sites for hydroxylation is 1. The van der Waals surface area contributed by atoms with Crippen molar-refractivity contribution in [2.24, 2.45) is 0 Å². The number of rotatable bonds is 6. The minimum Gasteiger partial charge on any atom is -0.410 e. The zero-order valence-corrected chi connectivity index (χ0v) is 21.0.